The molecule has 0 unspecified atom stereocenters. The van der Waals surface area contributed by atoms with E-state index in [2.05, 4.69) is 38.3 Å². The maximum atomic E-state index is 12.5. The standard InChI is InChI=1S/C22H26N2O4/c1-13(2)16-6-5-7-17(14(3)4)22(16)24-21(26)11-27-15-8-9-19-18(10-15)23-20(25)12-28-19/h5-10,13-14H,11-12H2,1-4H3,(H,23,25)(H,24,26). The number of nitrogens with one attached hydrogen (secondary N) is 2. The minimum absolute atomic E-state index is 0.00303. The summed E-state index contributed by atoms with van der Waals surface area (Å²) in [6, 6.07) is 11.2. The van der Waals surface area contributed by atoms with Crippen molar-refractivity contribution in [1.29, 1.82) is 0 Å². The van der Waals surface area contributed by atoms with Gasteiger partial charge in [0.05, 0.1) is 5.69 Å². The van der Waals surface area contributed by atoms with Crippen LogP contribution in [-0.4, -0.2) is 25.0 Å². The second-order valence-corrected chi connectivity index (χ2v) is 7.45. The predicted molar refractivity (Wildman–Crippen MR) is 109 cm³/mol. The summed E-state index contributed by atoms with van der Waals surface area (Å²) in [5, 5.41) is 5.75. The first kappa shape index (κ1) is 19.7. The SMILES string of the molecule is CC(C)c1cccc(C(C)C)c1NC(=O)COc1ccc2c(c1)NC(=O)CO2. The molecule has 0 aliphatic carbocycles. The Kier molecular flexibility index (Phi) is 5.87. The number of hydrogen-bond donors (Lipinski definition) is 2. The normalized spacial score (nSPS) is 13.0. The zero-order valence-corrected chi connectivity index (χ0v) is 16.7. The number of benzene rings is 2. The lowest BCUT2D eigenvalue weighted by Crippen LogP contribution is -2.25. The Bertz CT molecular complexity index is 864. The Labute approximate surface area is 165 Å². The fourth-order valence-corrected chi connectivity index (χ4v) is 3.17. The van der Waals surface area contributed by atoms with Gasteiger partial charge in [-0.05, 0) is 35.1 Å². The molecule has 3 rings (SSSR count). The van der Waals surface area contributed by atoms with E-state index in [-0.39, 0.29) is 25.0 Å². The molecule has 0 saturated heterocycles. The maximum absolute atomic E-state index is 12.5. The highest BCUT2D eigenvalue weighted by Crippen LogP contribution is 2.33. The lowest BCUT2D eigenvalue weighted by atomic mass is 9.92. The molecule has 1 aliphatic rings. The average molecular weight is 382 g/mol. The van der Waals surface area contributed by atoms with Gasteiger partial charge in [0.2, 0.25) is 0 Å². The third kappa shape index (κ3) is 4.44. The summed E-state index contributed by atoms with van der Waals surface area (Å²) in [5.41, 5.74) is 3.62. The largest absolute Gasteiger partial charge is 0.484 e. The van der Waals surface area contributed by atoms with Gasteiger partial charge >= 0.3 is 0 Å². The average Bonchev–Trinajstić information content (AvgIpc) is 2.65. The van der Waals surface area contributed by atoms with Crippen molar-refractivity contribution in [2.24, 2.45) is 0 Å². The number of hydrogen-bond acceptors (Lipinski definition) is 4. The van der Waals surface area contributed by atoms with Crippen LogP contribution in [0, 0.1) is 0 Å². The second-order valence-electron chi connectivity index (χ2n) is 7.45. The molecule has 0 atom stereocenters. The van der Waals surface area contributed by atoms with Crippen LogP contribution in [0.4, 0.5) is 11.4 Å². The molecule has 2 amide bonds. The Balaban J connectivity index is 1.70. The Morgan fingerprint density at radius 2 is 1.82 bits per heavy atom. The Morgan fingerprint density at radius 1 is 1.14 bits per heavy atom. The molecule has 2 aromatic rings. The molecule has 28 heavy (non-hydrogen) atoms. The highest BCUT2D eigenvalue weighted by Gasteiger charge is 2.18. The molecule has 6 nitrogen and oxygen atoms in total. The van der Waals surface area contributed by atoms with Crippen LogP contribution in [0.3, 0.4) is 0 Å². The van der Waals surface area contributed by atoms with Crippen LogP contribution >= 0.6 is 0 Å². The molecule has 0 bridgehead atoms. The number of rotatable bonds is 6. The third-order valence-corrected chi connectivity index (χ3v) is 4.59. The lowest BCUT2D eigenvalue weighted by Gasteiger charge is -2.20. The molecule has 2 N–H and O–H groups in total. The van der Waals surface area contributed by atoms with Gasteiger partial charge in [0, 0.05) is 11.8 Å². The van der Waals surface area contributed by atoms with E-state index in [1.54, 1.807) is 18.2 Å². The zero-order chi connectivity index (χ0) is 20.3. The summed E-state index contributed by atoms with van der Waals surface area (Å²) in [4.78, 5) is 24.0. The van der Waals surface area contributed by atoms with Gasteiger partial charge < -0.3 is 20.1 Å². The van der Waals surface area contributed by atoms with Crippen LogP contribution in [0.2, 0.25) is 0 Å². The van der Waals surface area contributed by atoms with Crippen LogP contribution in [-0.2, 0) is 9.59 Å². The third-order valence-electron chi connectivity index (χ3n) is 4.59. The molecule has 1 aliphatic heterocycles. The molecule has 0 fully saturated rings. The maximum Gasteiger partial charge on any atom is 0.262 e. The molecule has 0 radical (unpaired) electrons. The molecule has 0 spiro atoms. The van der Waals surface area contributed by atoms with E-state index >= 15 is 0 Å². The predicted octanol–water partition coefficient (Wildman–Crippen LogP) is 4.28. The lowest BCUT2D eigenvalue weighted by molar-refractivity contribution is -0.119. The van der Waals surface area contributed by atoms with Crippen LogP contribution in [0.1, 0.15) is 50.7 Å². The monoisotopic (exact) mass is 382 g/mol. The van der Waals surface area contributed by atoms with Gasteiger partial charge in [-0.1, -0.05) is 45.9 Å². The Hall–Kier alpha value is -3.02. The van der Waals surface area contributed by atoms with Crippen molar-refractivity contribution >= 4 is 23.2 Å². The number of fused-ring (bicyclic) bond motifs is 1. The van der Waals surface area contributed by atoms with Gasteiger partial charge in [-0.25, -0.2) is 0 Å². The number of ether oxygens (including phenoxy) is 2. The van der Waals surface area contributed by atoms with Crippen molar-refractivity contribution in [3.05, 3.63) is 47.5 Å². The van der Waals surface area contributed by atoms with Gasteiger partial charge in [-0.3, -0.25) is 9.59 Å². The summed E-state index contributed by atoms with van der Waals surface area (Å²) in [6.45, 7) is 8.30. The molecule has 1 heterocycles. The zero-order valence-electron chi connectivity index (χ0n) is 16.7. The van der Waals surface area contributed by atoms with Crippen molar-refractivity contribution in [3.8, 4) is 11.5 Å². The first-order valence-corrected chi connectivity index (χ1v) is 9.47. The number of para-hydroxylation sites is 1. The highest BCUT2D eigenvalue weighted by atomic mass is 16.5. The molecule has 148 valence electrons. The number of amides is 2. The van der Waals surface area contributed by atoms with Crippen molar-refractivity contribution in [2.75, 3.05) is 23.8 Å². The van der Waals surface area contributed by atoms with Crippen molar-refractivity contribution in [3.63, 3.8) is 0 Å². The quantitative estimate of drug-likeness (QED) is 0.782. The van der Waals surface area contributed by atoms with Crippen molar-refractivity contribution in [2.45, 2.75) is 39.5 Å². The first-order chi connectivity index (χ1) is 13.3. The molecule has 0 aromatic heterocycles. The summed E-state index contributed by atoms with van der Waals surface area (Å²) in [7, 11) is 0. The fraction of sp³-hybridized carbons (Fsp3) is 0.364. The number of carbonyl (C=O) groups is 2. The van der Waals surface area contributed by atoms with E-state index in [1.807, 2.05) is 18.2 Å². The van der Waals surface area contributed by atoms with E-state index in [4.69, 9.17) is 9.47 Å². The minimum Gasteiger partial charge on any atom is -0.484 e. The number of anilines is 2. The summed E-state index contributed by atoms with van der Waals surface area (Å²) < 4.78 is 10.9. The first-order valence-electron chi connectivity index (χ1n) is 9.47. The van der Waals surface area contributed by atoms with Gasteiger partial charge in [0.1, 0.15) is 11.5 Å². The summed E-state index contributed by atoms with van der Waals surface area (Å²) >= 11 is 0. The molecule has 0 saturated carbocycles. The summed E-state index contributed by atoms with van der Waals surface area (Å²) in [6.07, 6.45) is 0. The molecular weight excluding hydrogens is 356 g/mol. The molecule has 2 aromatic carbocycles. The van der Waals surface area contributed by atoms with Gasteiger partial charge in [-0.2, -0.15) is 0 Å². The van der Waals surface area contributed by atoms with Crippen LogP contribution in [0.25, 0.3) is 0 Å². The van der Waals surface area contributed by atoms with E-state index in [9.17, 15) is 9.59 Å². The molecular formula is C22H26N2O4. The molecule has 6 heteroatoms. The summed E-state index contributed by atoms with van der Waals surface area (Å²) in [5.74, 6) is 1.21. The number of carbonyl (C=O) groups excluding carboxylic acids is 2. The van der Waals surface area contributed by atoms with E-state index < -0.39 is 0 Å². The van der Waals surface area contributed by atoms with Gasteiger partial charge in [0.15, 0.2) is 13.2 Å². The minimum atomic E-state index is -0.229. The Morgan fingerprint density at radius 3 is 2.46 bits per heavy atom. The smallest absolute Gasteiger partial charge is 0.262 e. The second kappa shape index (κ2) is 8.33. The van der Waals surface area contributed by atoms with E-state index in [1.165, 1.54) is 0 Å². The van der Waals surface area contributed by atoms with Crippen LogP contribution in [0.15, 0.2) is 36.4 Å². The van der Waals surface area contributed by atoms with Crippen LogP contribution < -0.4 is 20.1 Å². The highest BCUT2D eigenvalue weighted by molar-refractivity contribution is 5.96. The van der Waals surface area contributed by atoms with Gasteiger partial charge in [0.25, 0.3) is 11.8 Å². The van der Waals surface area contributed by atoms with Gasteiger partial charge in [-0.15, -0.1) is 0 Å². The topological polar surface area (TPSA) is 76.7 Å². The van der Waals surface area contributed by atoms with E-state index in [0.29, 0.717) is 29.0 Å². The van der Waals surface area contributed by atoms with Crippen LogP contribution in [0.5, 0.6) is 11.5 Å². The van der Waals surface area contributed by atoms with E-state index in [0.717, 1.165) is 16.8 Å². The fourth-order valence-electron chi connectivity index (χ4n) is 3.17. The van der Waals surface area contributed by atoms with Crippen molar-refractivity contribution < 1.29 is 19.1 Å². The van der Waals surface area contributed by atoms with Crippen molar-refractivity contribution in [1.82, 2.24) is 0 Å².